The number of halogens is 1. The number of fused-ring (bicyclic) bond motifs is 2. The van der Waals surface area contributed by atoms with Gasteiger partial charge in [0.25, 0.3) is 0 Å². The van der Waals surface area contributed by atoms with Gasteiger partial charge in [0, 0.05) is 23.6 Å². The first-order valence-electron chi connectivity index (χ1n) is 8.62. The van der Waals surface area contributed by atoms with Gasteiger partial charge in [-0.15, -0.1) is 0 Å². The molecule has 0 aliphatic heterocycles. The lowest BCUT2D eigenvalue weighted by molar-refractivity contribution is 0.270. The van der Waals surface area contributed by atoms with Crippen LogP contribution in [-0.4, -0.2) is 21.3 Å². The Bertz CT molecular complexity index is 1050. The minimum Gasteiger partial charge on any atom is -0.485 e. The lowest BCUT2D eigenvalue weighted by atomic mass is 10.1. The van der Waals surface area contributed by atoms with Gasteiger partial charge in [-0.1, -0.05) is 48.0 Å². The molecule has 0 fully saturated rings. The monoisotopic (exact) mass is 366 g/mol. The van der Waals surface area contributed by atoms with E-state index in [1.165, 1.54) is 0 Å². The number of aliphatic hydroxyl groups excluding tert-OH is 1. The van der Waals surface area contributed by atoms with Crippen molar-refractivity contribution in [3.8, 4) is 5.75 Å². The van der Waals surface area contributed by atoms with Crippen LogP contribution in [0.3, 0.4) is 0 Å². The summed E-state index contributed by atoms with van der Waals surface area (Å²) in [4.78, 5) is 4.69. The first-order valence-corrected chi connectivity index (χ1v) is 9.00. The van der Waals surface area contributed by atoms with Gasteiger partial charge in [-0.05, 0) is 36.1 Å². The number of imidazole rings is 1. The third-order valence-corrected chi connectivity index (χ3v) is 4.67. The molecule has 0 spiro atoms. The molecule has 4 nitrogen and oxygen atoms in total. The molecule has 0 amide bonds. The van der Waals surface area contributed by atoms with Crippen molar-refractivity contribution in [1.82, 2.24) is 9.55 Å². The summed E-state index contributed by atoms with van der Waals surface area (Å²) in [6, 6.07) is 19.9. The Morgan fingerprint density at radius 3 is 2.77 bits per heavy atom. The van der Waals surface area contributed by atoms with Gasteiger partial charge in [-0.2, -0.15) is 0 Å². The SMILES string of the molecule is OCCCn1c(COc2cccc3ccccc23)nc2cc(Cl)ccc21. The number of nitrogens with zero attached hydrogens (tertiary/aromatic N) is 2. The van der Waals surface area contributed by atoms with Crippen LogP contribution in [0.4, 0.5) is 0 Å². The van der Waals surface area contributed by atoms with Crippen LogP contribution in [0.1, 0.15) is 12.2 Å². The van der Waals surface area contributed by atoms with Crippen LogP contribution >= 0.6 is 11.6 Å². The molecule has 1 aromatic heterocycles. The van der Waals surface area contributed by atoms with Crippen molar-refractivity contribution < 1.29 is 9.84 Å². The molecule has 0 saturated carbocycles. The molecular formula is C21H19ClN2O2. The molecule has 0 saturated heterocycles. The highest BCUT2D eigenvalue weighted by Crippen LogP contribution is 2.27. The number of aryl methyl sites for hydroxylation is 1. The lowest BCUT2D eigenvalue weighted by Crippen LogP contribution is -2.08. The molecule has 26 heavy (non-hydrogen) atoms. The Balaban J connectivity index is 1.67. The average molecular weight is 367 g/mol. The number of rotatable bonds is 6. The zero-order chi connectivity index (χ0) is 17.9. The summed E-state index contributed by atoms with van der Waals surface area (Å²) in [5.41, 5.74) is 1.84. The highest BCUT2D eigenvalue weighted by Gasteiger charge is 2.12. The summed E-state index contributed by atoms with van der Waals surface area (Å²) in [5, 5.41) is 12.1. The Kier molecular flexibility index (Phi) is 4.78. The predicted octanol–water partition coefficient (Wildman–Crippen LogP) is 4.80. The van der Waals surface area contributed by atoms with E-state index in [-0.39, 0.29) is 6.61 Å². The molecule has 3 aromatic carbocycles. The smallest absolute Gasteiger partial charge is 0.148 e. The third kappa shape index (κ3) is 3.26. The molecule has 0 aliphatic carbocycles. The second-order valence-electron chi connectivity index (χ2n) is 6.16. The first kappa shape index (κ1) is 16.9. The van der Waals surface area contributed by atoms with Crippen LogP contribution in [0, 0.1) is 0 Å². The molecule has 1 N–H and O–H groups in total. The van der Waals surface area contributed by atoms with E-state index in [1.807, 2.05) is 42.5 Å². The van der Waals surface area contributed by atoms with Gasteiger partial charge in [0.15, 0.2) is 0 Å². The van der Waals surface area contributed by atoms with Gasteiger partial charge in [0.1, 0.15) is 18.2 Å². The fraction of sp³-hybridized carbons (Fsp3) is 0.190. The van der Waals surface area contributed by atoms with Crippen LogP contribution in [0.5, 0.6) is 5.75 Å². The second kappa shape index (κ2) is 7.36. The minimum absolute atomic E-state index is 0.136. The van der Waals surface area contributed by atoms with Gasteiger partial charge in [-0.25, -0.2) is 4.98 Å². The zero-order valence-corrected chi connectivity index (χ0v) is 15.0. The zero-order valence-electron chi connectivity index (χ0n) is 14.2. The molecule has 0 unspecified atom stereocenters. The minimum atomic E-state index is 0.136. The fourth-order valence-electron chi connectivity index (χ4n) is 3.21. The van der Waals surface area contributed by atoms with E-state index in [0.29, 0.717) is 24.6 Å². The number of ether oxygens (including phenoxy) is 1. The van der Waals surface area contributed by atoms with E-state index in [2.05, 4.69) is 22.8 Å². The van der Waals surface area contributed by atoms with Crippen molar-refractivity contribution in [2.75, 3.05) is 6.61 Å². The van der Waals surface area contributed by atoms with Gasteiger partial charge in [0.2, 0.25) is 0 Å². The van der Waals surface area contributed by atoms with E-state index in [1.54, 1.807) is 0 Å². The van der Waals surface area contributed by atoms with E-state index in [0.717, 1.165) is 33.4 Å². The quantitative estimate of drug-likeness (QED) is 0.533. The maximum atomic E-state index is 9.21. The van der Waals surface area contributed by atoms with Crippen LogP contribution in [0.25, 0.3) is 21.8 Å². The fourth-order valence-corrected chi connectivity index (χ4v) is 3.37. The lowest BCUT2D eigenvalue weighted by Gasteiger charge is -2.11. The Morgan fingerprint density at radius 1 is 1.04 bits per heavy atom. The molecule has 132 valence electrons. The first-order chi connectivity index (χ1) is 12.8. The molecule has 4 aromatic rings. The Morgan fingerprint density at radius 2 is 1.88 bits per heavy atom. The largest absolute Gasteiger partial charge is 0.485 e. The van der Waals surface area contributed by atoms with Crippen molar-refractivity contribution in [2.24, 2.45) is 0 Å². The van der Waals surface area contributed by atoms with E-state index in [9.17, 15) is 5.11 Å². The average Bonchev–Trinajstić information content (AvgIpc) is 3.01. The van der Waals surface area contributed by atoms with E-state index < -0.39 is 0 Å². The molecule has 1 heterocycles. The highest BCUT2D eigenvalue weighted by atomic mass is 35.5. The normalized spacial score (nSPS) is 11.3. The molecule has 0 atom stereocenters. The maximum absolute atomic E-state index is 9.21. The van der Waals surface area contributed by atoms with Crippen LogP contribution in [0.15, 0.2) is 60.7 Å². The van der Waals surface area contributed by atoms with Crippen LogP contribution < -0.4 is 4.74 Å². The molecular weight excluding hydrogens is 348 g/mol. The standard InChI is InChI=1S/C21H19ClN2O2/c22-16-9-10-19-18(13-16)23-21(24(19)11-4-12-25)14-26-20-8-3-6-15-5-1-2-7-17(15)20/h1-3,5-10,13,25H,4,11-12,14H2. The number of aromatic nitrogens is 2. The number of aliphatic hydroxyl groups is 1. The molecule has 0 aliphatic rings. The van der Waals surface area contributed by atoms with Crippen molar-refractivity contribution in [1.29, 1.82) is 0 Å². The second-order valence-corrected chi connectivity index (χ2v) is 6.59. The van der Waals surface area contributed by atoms with Gasteiger partial charge in [-0.3, -0.25) is 0 Å². The highest BCUT2D eigenvalue weighted by molar-refractivity contribution is 6.31. The van der Waals surface area contributed by atoms with Crippen molar-refractivity contribution in [2.45, 2.75) is 19.6 Å². The molecule has 0 bridgehead atoms. The van der Waals surface area contributed by atoms with E-state index >= 15 is 0 Å². The van der Waals surface area contributed by atoms with Crippen molar-refractivity contribution >= 4 is 33.4 Å². The van der Waals surface area contributed by atoms with Crippen molar-refractivity contribution in [3.05, 3.63) is 71.5 Å². The molecule has 0 radical (unpaired) electrons. The summed E-state index contributed by atoms with van der Waals surface area (Å²) >= 11 is 6.10. The third-order valence-electron chi connectivity index (χ3n) is 4.44. The number of hydrogen-bond acceptors (Lipinski definition) is 3. The molecule has 4 rings (SSSR count). The number of benzene rings is 3. The van der Waals surface area contributed by atoms with Gasteiger partial charge < -0.3 is 14.4 Å². The predicted molar refractivity (Wildman–Crippen MR) is 105 cm³/mol. The number of hydrogen-bond donors (Lipinski definition) is 1. The summed E-state index contributed by atoms with van der Waals surface area (Å²) in [7, 11) is 0. The maximum Gasteiger partial charge on any atom is 0.148 e. The van der Waals surface area contributed by atoms with Gasteiger partial charge >= 0.3 is 0 Å². The van der Waals surface area contributed by atoms with Crippen LogP contribution in [-0.2, 0) is 13.2 Å². The van der Waals surface area contributed by atoms with Gasteiger partial charge in [0.05, 0.1) is 11.0 Å². The molecule has 5 heteroatoms. The Labute approximate surface area is 156 Å². The summed E-state index contributed by atoms with van der Waals surface area (Å²) in [6.45, 7) is 1.17. The van der Waals surface area contributed by atoms with Crippen molar-refractivity contribution in [3.63, 3.8) is 0 Å². The summed E-state index contributed by atoms with van der Waals surface area (Å²) in [5.74, 6) is 1.66. The summed E-state index contributed by atoms with van der Waals surface area (Å²) in [6.07, 6.45) is 0.662. The topological polar surface area (TPSA) is 47.3 Å². The Hall–Kier alpha value is -2.56. The van der Waals surface area contributed by atoms with Crippen LogP contribution in [0.2, 0.25) is 5.02 Å². The van der Waals surface area contributed by atoms with E-state index in [4.69, 9.17) is 21.3 Å². The summed E-state index contributed by atoms with van der Waals surface area (Å²) < 4.78 is 8.20.